The van der Waals surface area contributed by atoms with Gasteiger partial charge in [-0.3, -0.25) is 9.67 Å². The standard InChI is InChI=1S/C24H20N6/c1-2-7-20(17-30-15-5-12-27-30)19(6-1)16-26-24-21-8-3-4-9-22(21)28-23(29-24)18-10-13-25-14-11-18/h1-15H,16-17H2,(H,26,28,29). The van der Waals surface area contributed by atoms with Crippen molar-refractivity contribution >= 4 is 16.7 Å². The molecule has 0 aliphatic carbocycles. The lowest BCUT2D eigenvalue weighted by molar-refractivity contribution is 0.682. The minimum Gasteiger partial charge on any atom is -0.365 e. The van der Waals surface area contributed by atoms with Crippen LogP contribution in [-0.4, -0.2) is 24.7 Å². The molecular formula is C24H20N6. The van der Waals surface area contributed by atoms with Gasteiger partial charge in [-0.15, -0.1) is 0 Å². The Labute approximate surface area is 174 Å². The monoisotopic (exact) mass is 392 g/mol. The molecule has 146 valence electrons. The van der Waals surface area contributed by atoms with Crippen molar-refractivity contribution in [3.63, 3.8) is 0 Å². The van der Waals surface area contributed by atoms with Gasteiger partial charge in [0.05, 0.1) is 12.1 Å². The summed E-state index contributed by atoms with van der Waals surface area (Å²) in [6, 6.07) is 22.2. The molecule has 0 fully saturated rings. The summed E-state index contributed by atoms with van der Waals surface area (Å²) in [5.74, 6) is 1.50. The summed E-state index contributed by atoms with van der Waals surface area (Å²) in [5.41, 5.74) is 4.28. The fourth-order valence-electron chi connectivity index (χ4n) is 3.47. The Bertz CT molecular complexity index is 1270. The van der Waals surface area contributed by atoms with Crippen LogP contribution in [0.15, 0.2) is 91.5 Å². The van der Waals surface area contributed by atoms with Gasteiger partial charge >= 0.3 is 0 Å². The zero-order valence-corrected chi connectivity index (χ0v) is 16.3. The topological polar surface area (TPSA) is 68.5 Å². The van der Waals surface area contributed by atoms with Gasteiger partial charge in [-0.25, -0.2) is 9.97 Å². The van der Waals surface area contributed by atoms with Gasteiger partial charge in [0.2, 0.25) is 0 Å². The summed E-state index contributed by atoms with van der Waals surface area (Å²) in [7, 11) is 0. The molecule has 5 aromatic rings. The highest BCUT2D eigenvalue weighted by atomic mass is 15.3. The molecule has 6 heteroatoms. The van der Waals surface area contributed by atoms with Crippen LogP contribution in [0.5, 0.6) is 0 Å². The van der Waals surface area contributed by atoms with Crippen LogP contribution in [0.3, 0.4) is 0 Å². The molecule has 2 aromatic carbocycles. The van der Waals surface area contributed by atoms with E-state index in [9.17, 15) is 0 Å². The van der Waals surface area contributed by atoms with E-state index in [-0.39, 0.29) is 0 Å². The first-order valence-corrected chi connectivity index (χ1v) is 9.82. The Balaban J connectivity index is 1.48. The lowest BCUT2D eigenvalue weighted by atomic mass is 10.1. The summed E-state index contributed by atoms with van der Waals surface area (Å²) in [5, 5.41) is 8.87. The van der Waals surface area contributed by atoms with Crippen LogP contribution in [-0.2, 0) is 13.1 Å². The minimum absolute atomic E-state index is 0.661. The fourth-order valence-corrected chi connectivity index (χ4v) is 3.47. The van der Waals surface area contributed by atoms with Crippen molar-refractivity contribution in [2.75, 3.05) is 5.32 Å². The molecule has 0 aliphatic heterocycles. The third kappa shape index (κ3) is 3.75. The van der Waals surface area contributed by atoms with Gasteiger partial charge in [0.1, 0.15) is 5.82 Å². The maximum absolute atomic E-state index is 4.82. The summed E-state index contributed by atoms with van der Waals surface area (Å²) >= 11 is 0. The quantitative estimate of drug-likeness (QED) is 0.459. The molecule has 3 aromatic heterocycles. The predicted molar refractivity (Wildman–Crippen MR) is 118 cm³/mol. The van der Waals surface area contributed by atoms with Crippen LogP contribution in [0, 0.1) is 0 Å². The van der Waals surface area contributed by atoms with E-state index in [1.165, 1.54) is 11.1 Å². The van der Waals surface area contributed by atoms with Gasteiger partial charge in [0, 0.05) is 42.3 Å². The predicted octanol–water partition coefficient (Wildman–Crippen LogP) is 4.55. The first kappa shape index (κ1) is 18.0. The van der Waals surface area contributed by atoms with E-state index in [0.717, 1.165) is 28.8 Å². The van der Waals surface area contributed by atoms with Crippen LogP contribution < -0.4 is 5.32 Å². The number of fused-ring (bicyclic) bond motifs is 1. The molecule has 0 saturated carbocycles. The van der Waals surface area contributed by atoms with Crippen LogP contribution in [0.2, 0.25) is 0 Å². The average molecular weight is 392 g/mol. The molecular weight excluding hydrogens is 372 g/mol. The first-order chi connectivity index (χ1) is 14.9. The summed E-state index contributed by atoms with van der Waals surface area (Å²) in [6.45, 7) is 1.39. The van der Waals surface area contributed by atoms with Gasteiger partial charge in [-0.2, -0.15) is 5.10 Å². The second-order valence-corrected chi connectivity index (χ2v) is 6.97. The molecule has 6 nitrogen and oxygen atoms in total. The third-order valence-corrected chi connectivity index (χ3v) is 5.00. The number of rotatable bonds is 6. The van der Waals surface area contributed by atoms with Crippen molar-refractivity contribution in [3.05, 3.63) is 103 Å². The molecule has 3 heterocycles. The number of hydrogen-bond acceptors (Lipinski definition) is 5. The van der Waals surface area contributed by atoms with Crippen molar-refractivity contribution in [2.24, 2.45) is 0 Å². The van der Waals surface area contributed by atoms with Crippen molar-refractivity contribution in [1.29, 1.82) is 0 Å². The summed E-state index contributed by atoms with van der Waals surface area (Å²) < 4.78 is 1.93. The molecule has 0 amide bonds. The zero-order valence-electron chi connectivity index (χ0n) is 16.3. The number of nitrogens with zero attached hydrogens (tertiary/aromatic N) is 5. The number of nitrogens with one attached hydrogen (secondary N) is 1. The van der Waals surface area contributed by atoms with E-state index < -0.39 is 0 Å². The lowest BCUT2D eigenvalue weighted by Crippen LogP contribution is -2.08. The molecule has 0 aliphatic rings. The highest BCUT2D eigenvalue weighted by Gasteiger charge is 2.10. The molecule has 30 heavy (non-hydrogen) atoms. The van der Waals surface area contributed by atoms with E-state index in [1.807, 2.05) is 53.3 Å². The van der Waals surface area contributed by atoms with Gasteiger partial charge in [-0.05, 0) is 41.5 Å². The van der Waals surface area contributed by atoms with Gasteiger partial charge < -0.3 is 5.32 Å². The van der Waals surface area contributed by atoms with Gasteiger partial charge in [0.25, 0.3) is 0 Å². The minimum atomic E-state index is 0.661. The van der Waals surface area contributed by atoms with E-state index in [1.54, 1.807) is 18.6 Å². The zero-order chi connectivity index (χ0) is 20.2. The van der Waals surface area contributed by atoms with Crippen LogP contribution >= 0.6 is 0 Å². The molecule has 5 rings (SSSR count). The Hall–Kier alpha value is -4.06. The smallest absolute Gasteiger partial charge is 0.162 e. The highest BCUT2D eigenvalue weighted by Crippen LogP contribution is 2.25. The molecule has 0 spiro atoms. The SMILES string of the molecule is c1ccc(Cn2cccn2)c(CNc2nc(-c3ccncc3)nc3ccccc23)c1. The van der Waals surface area contributed by atoms with E-state index >= 15 is 0 Å². The van der Waals surface area contributed by atoms with Crippen molar-refractivity contribution in [1.82, 2.24) is 24.7 Å². The largest absolute Gasteiger partial charge is 0.365 e. The number of aromatic nitrogens is 5. The molecule has 0 unspecified atom stereocenters. The Morgan fingerprint density at radius 2 is 1.57 bits per heavy atom. The molecule has 0 atom stereocenters. The van der Waals surface area contributed by atoms with Crippen LogP contribution in [0.25, 0.3) is 22.3 Å². The number of pyridine rings is 1. The maximum Gasteiger partial charge on any atom is 0.162 e. The number of benzene rings is 2. The second kappa shape index (κ2) is 8.13. The van der Waals surface area contributed by atoms with E-state index in [2.05, 4.69) is 39.7 Å². The van der Waals surface area contributed by atoms with Gasteiger partial charge in [0.15, 0.2) is 5.82 Å². The summed E-state index contributed by atoms with van der Waals surface area (Å²) in [6.07, 6.45) is 7.29. The maximum atomic E-state index is 4.82. The van der Waals surface area contributed by atoms with Crippen molar-refractivity contribution in [2.45, 2.75) is 13.1 Å². The van der Waals surface area contributed by atoms with Crippen LogP contribution in [0.1, 0.15) is 11.1 Å². The summed E-state index contributed by atoms with van der Waals surface area (Å²) in [4.78, 5) is 13.7. The first-order valence-electron chi connectivity index (χ1n) is 9.82. The average Bonchev–Trinajstić information content (AvgIpc) is 3.32. The highest BCUT2D eigenvalue weighted by molar-refractivity contribution is 5.90. The third-order valence-electron chi connectivity index (χ3n) is 5.00. The second-order valence-electron chi connectivity index (χ2n) is 6.97. The lowest BCUT2D eigenvalue weighted by Gasteiger charge is -2.14. The number of hydrogen-bond donors (Lipinski definition) is 1. The van der Waals surface area contributed by atoms with Crippen LogP contribution in [0.4, 0.5) is 5.82 Å². The Kier molecular flexibility index (Phi) is 4.88. The van der Waals surface area contributed by atoms with E-state index in [0.29, 0.717) is 12.4 Å². The molecule has 0 saturated heterocycles. The van der Waals surface area contributed by atoms with E-state index in [4.69, 9.17) is 9.97 Å². The Morgan fingerprint density at radius 1 is 0.767 bits per heavy atom. The Morgan fingerprint density at radius 3 is 2.40 bits per heavy atom. The number of anilines is 1. The number of para-hydroxylation sites is 1. The van der Waals surface area contributed by atoms with Crippen molar-refractivity contribution in [3.8, 4) is 11.4 Å². The normalized spacial score (nSPS) is 10.9. The molecule has 1 N–H and O–H groups in total. The van der Waals surface area contributed by atoms with Crippen molar-refractivity contribution < 1.29 is 0 Å². The fraction of sp³-hybridized carbons (Fsp3) is 0.0833. The molecule has 0 bridgehead atoms. The molecule has 0 radical (unpaired) electrons. The van der Waals surface area contributed by atoms with Gasteiger partial charge in [-0.1, -0.05) is 36.4 Å².